The van der Waals surface area contributed by atoms with Gasteiger partial charge < -0.3 is 26.6 Å². The minimum Gasteiger partial charge on any atom is -0.480 e. The van der Waals surface area contributed by atoms with E-state index in [1.165, 1.54) is 0 Å². The molecular formula is C15H21N3O5S. The molecule has 0 spiro atoms. The number of thiol groups is 1. The maximum absolute atomic E-state index is 12.3. The first kappa shape index (κ1) is 19.9. The molecule has 0 fully saturated rings. The van der Waals surface area contributed by atoms with Gasteiger partial charge in [0.05, 0.1) is 6.61 Å². The second-order valence-electron chi connectivity index (χ2n) is 5.12. The number of nitrogens with one attached hydrogen (secondary N) is 2. The number of nitrogens with two attached hydrogens (primary N) is 1. The zero-order valence-electron chi connectivity index (χ0n) is 12.9. The smallest absolute Gasteiger partial charge is 0.327 e. The van der Waals surface area contributed by atoms with Crippen LogP contribution in [0.3, 0.4) is 0 Å². The highest BCUT2D eigenvalue weighted by atomic mass is 32.1. The van der Waals surface area contributed by atoms with E-state index in [0.717, 1.165) is 5.56 Å². The monoisotopic (exact) mass is 355 g/mol. The Morgan fingerprint density at radius 2 is 1.67 bits per heavy atom. The first-order valence-corrected chi connectivity index (χ1v) is 7.87. The lowest BCUT2D eigenvalue weighted by molar-refractivity contribution is -0.141. The number of rotatable bonds is 9. The van der Waals surface area contributed by atoms with Crippen molar-refractivity contribution >= 4 is 30.4 Å². The summed E-state index contributed by atoms with van der Waals surface area (Å²) in [6, 6.07) is 5.52. The fourth-order valence-electron chi connectivity index (χ4n) is 1.88. The van der Waals surface area contributed by atoms with Crippen molar-refractivity contribution in [1.29, 1.82) is 0 Å². The summed E-state index contributed by atoms with van der Waals surface area (Å²) >= 11 is 3.88. The molecule has 0 heterocycles. The second-order valence-corrected chi connectivity index (χ2v) is 5.49. The number of aliphatic hydroxyl groups is 1. The van der Waals surface area contributed by atoms with Gasteiger partial charge in [0, 0.05) is 12.2 Å². The molecule has 0 radical (unpaired) electrons. The lowest BCUT2D eigenvalue weighted by Crippen LogP contribution is -2.56. The Balaban J connectivity index is 2.88. The number of hydrogen-bond donors (Lipinski definition) is 6. The van der Waals surface area contributed by atoms with E-state index >= 15 is 0 Å². The van der Waals surface area contributed by atoms with Crippen LogP contribution in [0.1, 0.15) is 5.56 Å². The number of carboxylic acids is 1. The molecule has 0 aromatic heterocycles. The van der Waals surface area contributed by atoms with Crippen molar-refractivity contribution in [2.24, 2.45) is 5.73 Å². The van der Waals surface area contributed by atoms with Gasteiger partial charge in [-0.2, -0.15) is 12.6 Å². The van der Waals surface area contributed by atoms with Gasteiger partial charge in [-0.25, -0.2) is 4.79 Å². The van der Waals surface area contributed by atoms with Gasteiger partial charge in [-0.05, 0) is 5.56 Å². The fourth-order valence-corrected chi connectivity index (χ4v) is 2.13. The molecule has 0 aliphatic carbocycles. The molecule has 3 unspecified atom stereocenters. The van der Waals surface area contributed by atoms with Gasteiger partial charge in [0.2, 0.25) is 11.8 Å². The normalized spacial score (nSPS) is 14.3. The number of aliphatic carboxylic acids is 1. The van der Waals surface area contributed by atoms with Crippen molar-refractivity contribution in [1.82, 2.24) is 10.6 Å². The van der Waals surface area contributed by atoms with Gasteiger partial charge in [0.25, 0.3) is 0 Å². The average Bonchev–Trinajstić information content (AvgIpc) is 2.58. The van der Waals surface area contributed by atoms with Crippen LogP contribution in [-0.4, -0.2) is 58.5 Å². The summed E-state index contributed by atoms with van der Waals surface area (Å²) in [6.07, 6.45) is 0.148. The van der Waals surface area contributed by atoms with Crippen molar-refractivity contribution in [2.45, 2.75) is 24.5 Å². The van der Waals surface area contributed by atoms with Crippen molar-refractivity contribution in [2.75, 3.05) is 12.4 Å². The summed E-state index contributed by atoms with van der Waals surface area (Å²) in [5.74, 6) is -2.69. The van der Waals surface area contributed by atoms with Gasteiger partial charge in [-0.3, -0.25) is 9.59 Å². The molecule has 1 rings (SSSR count). The van der Waals surface area contributed by atoms with Gasteiger partial charge in [-0.1, -0.05) is 30.3 Å². The van der Waals surface area contributed by atoms with Crippen LogP contribution in [0, 0.1) is 0 Å². The summed E-state index contributed by atoms with van der Waals surface area (Å²) in [5, 5.41) is 22.7. The topological polar surface area (TPSA) is 142 Å². The van der Waals surface area contributed by atoms with Gasteiger partial charge in [0.1, 0.15) is 18.1 Å². The largest absolute Gasteiger partial charge is 0.480 e. The second kappa shape index (κ2) is 9.91. The maximum Gasteiger partial charge on any atom is 0.327 e. The molecule has 1 aromatic carbocycles. The number of hydrogen-bond acceptors (Lipinski definition) is 6. The number of amides is 2. The molecule has 6 N–H and O–H groups in total. The first-order valence-electron chi connectivity index (χ1n) is 7.23. The van der Waals surface area contributed by atoms with Crippen molar-refractivity contribution in [3.8, 4) is 0 Å². The van der Waals surface area contributed by atoms with Crippen LogP contribution >= 0.6 is 12.6 Å². The highest BCUT2D eigenvalue weighted by Crippen LogP contribution is 2.04. The van der Waals surface area contributed by atoms with Crippen molar-refractivity contribution in [3.05, 3.63) is 35.9 Å². The van der Waals surface area contributed by atoms with E-state index in [1.807, 2.05) is 0 Å². The van der Waals surface area contributed by atoms with E-state index in [4.69, 9.17) is 15.9 Å². The zero-order valence-corrected chi connectivity index (χ0v) is 13.8. The molecule has 24 heavy (non-hydrogen) atoms. The van der Waals surface area contributed by atoms with Crippen molar-refractivity contribution < 1.29 is 24.6 Å². The van der Waals surface area contributed by atoms with Gasteiger partial charge in [0.15, 0.2) is 0 Å². The van der Waals surface area contributed by atoms with Crippen LogP contribution in [0.15, 0.2) is 30.3 Å². The van der Waals surface area contributed by atoms with Crippen LogP contribution < -0.4 is 16.4 Å². The van der Waals surface area contributed by atoms with Crippen LogP contribution in [0.25, 0.3) is 0 Å². The predicted octanol–water partition coefficient (Wildman–Crippen LogP) is -1.47. The van der Waals surface area contributed by atoms with Crippen LogP contribution in [0.4, 0.5) is 0 Å². The average molecular weight is 355 g/mol. The van der Waals surface area contributed by atoms with E-state index in [0.29, 0.717) is 0 Å². The third-order valence-electron chi connectivity index (χ3n) is 3.25. The Morgan fingerprint density at radius 3 is 2.17 bits per heavy atom. The molecule has 0 bridgehead atoms. The summed E-state index contributed by atoms with van der Waals surface area (Å²) in [7, 11) is 0. The Kier molecular flexibility index (Phi) is 8.24. The maximum atomic E-state index is 12.3. The third-order valence-corrected chi connectivity index (χ3v) is 3.61. The molecule has 2 amide bonds. The van der Waals surface area contributed by atoms with E-state index in [-0.39, 0.29) is 12.2 Å². The van der Waals surface area contributed by atoms with Crippen LogP contribution in [-0.2, 0) is 20.8 Å². The zero-order chi connectivity index (χ0) is 18.1. The Bertz CT molecular complexity index is 569. The molecule has 8 nitrogen and oxygen atoms in total. The summed E-state index contributed by atoms with van der Waals surface area (Å²) in [6.45, 7) is -0.570. The predicted molar refractivity (Wildman–Crippen MR) is 90.6 cm³/mol. The lowest BCUT2D eigenvalue weighted by Gasteiger charge is -2.22. The summed E-state index contributed by atoms with van der Waals surface area (Å²) in [5.41, 5.74) is 6.21. The van der Waals surface area contributed by atoms with E-state index in [9.17, 15) is 14.4 Å². The number of carboxylic acid groups (broad SMARTS) is 1. The Labute approximate surface area is 144 Å². The number of benzene rings is 1. The molecule has 3 atom stereocenters. The third kappa shape index (κ3) is 6.19. The first-order chi connectivity index (χ1) is 11.4. The molecule has 0 aliphatic heterocycles. The summed E-state index contributed by atoms with van der Waals surface area (Å²) in [4.78, 5) is 35.2. The lowest BCUT2D eigenvalue weighted by atomic mass is 10.0. The molecule has 132 valence electrons. The standard InChI is InChI=1S/C15H21N3O5S/c16-10(7-19)13(20)17-11(6-9-4-2-1-3-5-9)14(21)18-12(8-24)15(22)23/h1-5,10-12,19,24H,6-8,16H2,(H,17,20)(H,18,21)(H,22,23). The number of carbonyl (C=O) groups excluding carboxylic acids is 2. The van der Waals surface area contributed by atoms with Crippen molar-refractivity contribution in [3.63, 3.8) is 0 Å². The highest BCUT2D eigenvalue weighted by molar-refractivity contribution is 7.80. The van der Waals surface area contributed by atoms with E-state index < -0.39 is 42.5 Å². The van der Waals surface area contributed by atoms with E-state index in [2.05, 4.69) is 23.3 Å². The minimum absolute atomic E-state index is 0.0940. The van der Waals surface area contributed by atoms with Gasteiger partial charge >= 0.3 is 5.97 Å². The highest BCUT2D eigenvalue weighted by Gasteiger charge is 2.27. The quantitative estimate of drug-likeness (QED) is 0.299. The SMILES string of the molecule is NC(CO)C(=O)NC(Cc1ccccc1)C(=O)NC(CS)C(=O)O. The van der Waals surface area contributed by atoms with Crippen LogP contribution in [0.2, 0.25) is 0 Å². The number of carbonyl (C=O) groups is 3. The van der Waals surface area contributed by atoms with Crippen LogP contribution in [0.5, 0.6) is 0 Å². The minimum atomic E-state index is -1.23. The molecule has 1 aromatic rings. The Morgan fingerprint density at radius 1 is 1.08 bits per heavy atom. The molecule has 9 heteroatoms. The molecular weight excluding hydrogens is 334 g/mol. The molecule has 0 aliphatic rings. The molecule has 0 saturated carbocycles. The number of aliphatic hydroxyl groups excluding tert-OH is 1. The Hall–Kier alpha value is -2.10. The fraction of sp³-hybridized carbons (Fsp3) is 0.400. The van der Waals surface area contributed by atoms with E-state index in [1.54, 1.807) is 30.3 Å². The summed E-state index contributed by atoms with van der Waals surface area (Å²) < 4.78 is 0. The van der Waals surface area contributed by atoms with Gasteiger partial charge in [-0.15, -0.1) is 0 Å². The molecule has 0 saturated heterocycles.